The van der Waals surface area contributed by atoms with Crippen LogP contribution in [0.1, 0.15) is 10.4 Å². The van der Waals surface area contributed by atoms with E-state index in [1.54, 1.807) is 24.1 Å². The van der Waals surface area contributed by atoms with E-state index >= 15 is 0 Å². The van der Waals surface area contributed by atoms with Crippen LogP contribution in [0.3, 0.4) is 0 Å². The van der Waals surface area contributed by atoms with E-state index in [1.165, 1.54) is 18.3 Å². The fourth-order valence-corrected chi connectivity index (χ4v) is 1.87. The van der Waals surface area contributed by atoms with Crippen molar-refractivity contribution < 1.29 is 9.90 Å². The molecule has 0 aliphatic heterocycles. The zero-order chi connectivity index (χ0) is 14.0. The number of hydrogen-bond donors (Lipinski definition) is 1. The first-order valence-corrected chi connectivity index (χ1v) is 6.00. The maximum absolute atomic E-state index is 11.0. The topological polar surface area (TPSA) is 66.3 Å². The summed E-state index contributed by atoms with van der Waals surface area (Å²) in [6.45, 7) is 0. The first-order valence-electron chi connectivity index (χ1n) is 5.24. The van der Waals surface area contributed by atoms with Gasteiger partial charge in [0.2, 0.25) is 5.28 Å². The Morgan fingerprint density at radius 1 is 1.32 bits per heavy atom. The fraction of sp³-hybridized carbons (Fsp3) is 0.0833. The largest absolute Gasteiger partial charge is 0.478 e. The highest BCUT2D eigenvalue weighted by molar-refractivity contribution is 6.33. The van der Waals surface area contributed by atoms with Crippen LogP contribution in [0.5, 0.6) is 0 Å². The summed E-state index contributed by atoms with van der Waals surface area (Å²) in [6.07, 6.45) is 1.52. The molecule has 0 spiro atoms. The lowest BCUT2D eigenvalue weighted by Crippen LogP contribution is -2.12. The number of rotatable bonds is 3. The second-order valence-electron chi connectivity index (χ2n) is 3.71. The first kappa shape index (κ1) is 13.6. The van der Waals surface area contributed by atoms with Crippen LogP contribution in [0.2, 0.25) is 10.3 Å². The second kappa shape index (κ2) is 5.42. The molecule has 1 heterocycles. The van der Waals surface area contributed by atoms with Crippen LogP contribution in [-0.2, 0) is 0 Å². The summed E-state index contributed by atoms with van der Waals surface area (Å²) in [5.41, 5.74) is 0.669. The zero-order valence-corrected chi connectivity index (χ0v) is 11.4. The summed E-state index contributed by atoms with van der Waals surface area (Å²) < 4.78 is 0. The smallest absolute Gasteiger partial charge is 0.337 e. The van der Waals surface area contributed by atoms with Gasteiger partial charge in [-0.3, -0.25) is 0 Å². The molecule has 0 saturated heterocycles. The summed E-state index contributed by atoms with van der Waals surface area (Å²) in [6, 6.07) is 6.37. The van der Waals surface area contributed by atoms with Gasteiger partial charge in [0.05, 0.1) is 10.6 Å². The third-order valence-electron chi connectivity index (χ3n) is 2.52. The Hall–Kier alpha value is -1.85. The molecule has 0 aliphatic carbocycles. The number of hydrogen-bond acceptors (Lipinski definition) is 4. The number of aromatic carboxylic acids is 1. The van der Waals surface area contributed by atoms with Crippen LogP contribution in [0.4, 0.5) is 11.5 Å². The minimum atomic E-state index is -1.08. The maximum Gasteiger partial charge on any atom is 0.337 e. The minimum Gasteiger partial charge on any atom is -0.478 e. The quantitative estimate of drug-likeness (QED) is 0.881. The molecule has 19 heavy (non-hydrogen) atoms. The molecule has 5 nitrogen and oxygen atoms in total. The van der Waals surface area contributed by atoms with Crippen LogP contribution in [0.15, 0.2) is 30.5 Å². The number of aromatic nitrogens is 2. The van der Waals surface area contributed by atoms with Crippen molar-refractivity contribution in [1.82, 2.24) is 9.97 Å². The van der Waals surface area contributed by atoms with Crippen molar-refractivity contribution in [3.05, 3.63) is 46.3 Å². The van der Waals surface area contributed by atoms with Crippen molar-refractivity contribution in [2.24, 2.45) is 0 Å². The summed E-state index contributed by atoms with van der Waals surface area (Å²) in [5.74, 6) is -0.528. The molecule has 1 aromatic heterocycles. The van der Waals surface area contributed by atoms with Gasteiger partial charge in [-0.15, -0.1) is 0 Å². The van der Waals surface area contributed by atoms with Crippen LogP contribution in [0, 0.1) is 0 Å². The van der Waals surface area contributed by atoms with Crippen molar-refractivity contribution in [2.75, 3.05) is 11.9 Å². The Labute approximate surface area is 119 Å². The Morgan fingerprint density at radius 3 is 2.68 bits per heavy atom. The Kier molecular flexibility index (Phi) is 3.87. The predicted molar refractivity (Wildman–Crippen MR) is 73.5 cm³/mol. The molecule has 0 unspecified atom stereocenters. The van der Waals surface area contributed by atoms with Gasteiger partial charge in [-0.25, -0.2) is 14.8 Å². The number of benzene rings is 1. The molecule has 0 bridgehead atoms. The van der Waals surface area contributed by atoms with Gasteiger partial charge in [0.25, 0.3) is 0 Å². The molecule has 0 atom stereocenters. The van der Waals surface area contributed by atoms with E-state index in [0.717, 1.165) is 0 Å². The normalized spacial score (nSPS) is 10.3. The van der Waals surface area contributed by atoms with E-state index in [0.29, 0.717) is 11.5 Å². The summed E-state index contributed by atoms with van der Waals surface area (Å²) in [7, 11) is 1.74. The molecule has 0 saturated carbocycles. The SMILES string of the molecule is CN(c1ccc(Cl)c(C(=O)O)c1)c1ccnc(Cl)n1. The summed E-state index contributed by atoms with van der Waals surface area (Å²) >= 11 is 11.5. The van der Waals surface area contributed by atoms with Crippen molar-refractivity contribution in [3.63, 3.8) is 0 Å². The molecule has 0 aliphatic rings. The summed E-state index contributed by atoms with van der Waals surface area (Å²) in [4.78, 5) is 20.6. The van der Waals surface area contributed by atoms with E-state index in [4.69, 9.17) is 28.3 Å². The summed E-state index contributed by atoms with van der Waals surface area (Å²) in [5, 5.41) is 9.34. The van der Waals surface area contributed by atoms with E-state index in [-0.39, 0.29) is 15.9 Å². The van der Waals surface area contributed by atoms with Crippen LogP contribution in [0.25, 0.3) is 0 Å². The van der Waals surface area contributed by atoms with Gasteiger partial charge in [0.1, 0.15) is 5.82 Å². The molecular formula is C12H9Cl2N3O2. The number of carboxylic acid groups (broad SMARTS) is 1. The van der Waals surface area contributed by atoms with Crippen molar-refractivity contribution in [2.45, 2.75) is 0 Å². The van der Waals surface area contributed by atoms with Gasteiger partial charge in [-0.05, 0) is 35.9 Å². The van der Waals surface area contributed by atoms with Crippen molar-refractivity contribution >= 4 is 40.7 Å². The fourth-order valence-electron chi connectivity index (χ4n) is 1.53. The van der Waals surface area contributed by atoms with Crippen LogP contribution < -0.4 is 4.90 Å². The van der Waals surface area contributed by atoms with Crippen LogP contribution >= 0.6 is 23.2 Å². The number of anilines is 2. The minimum absolute atomic E-state index is 0.0335. The lowest BCUT2D eigenvalue weighted by atomic mass is 10.2. The first-order chi connectivity index (χ1) is 8.99. The average molecular weight is 298 g/mol. The van der Waals surface area contributed by atoms with E-state index in [9.17, 15) is 4.79 Å². The molecule has 2 rings (SSSR count). The molecule has 0 amide bonds. The third-order valence-corrected chi connectivity index (χ3v) is 3.03. The molecule has 2 aromatic rings. The lowest BCUT2D eigenvalue weighted by Gasteiger charge is -2.18. The molecule has 7 heteroatoms. The lowest BCUT2D eigenvalue weighted by molar-refractivity contribution is 0.0697. The van der Waals surface area contributed by atoms with Gasteiger partial charge in [0.15, 0.2) is 0 Å². The van der Waals surface area contributed by atoms with Crippen LogP contribution in [-0.4, -0.2) is 28.1 Å². The number of carboxylic acids is 1. The molecule has 98 valence electrons. The van der Waals surface area contributed by atoms with Crippen molar-refractivity contribution in [3.8, 4) is 0 Å². The maximum atomic E-state index is 11.0. The Morgan fingerprint density at radius 2 is 2.05 bits per heavy atom. The van der Waals surface area contributed by atoms with E-state index < -0.39 is 5.97 Å². The third kappa shape index (κ3) is 2.94. The molecule has 0 radical (unpaired) electrons. The van der Waals surface area contributed by atoms with E-state index in [2.05, 4.69) is 9.97 Å². The Bertz CT molecular complexity index is 634. The van der Waals surface area contributed by atoms with Gasteiger partial charge in [-0.1, -0.05) is 11.6 Å². The highest BCUT2D eigenvalue weighted by Crippen LogP contribution is 2.26. The monoisotopic (exact) mass is 297 g/mol. The zero-order valence-electron chi connectivity index (χ0n) is 9.84. The predicted octanol–water partition coefficient (Wildman–Crippen LogP) is 3.25. The second-order valence-corrected chi connectivity index (χ2v) is 4.46. The number of nitrogens with zero attached hydrogens (tertiary/aromatic N) is 3. The molecular weight excluding hydrogens is 289 g/mol. The molecule has 1 aromatic carbocycles. The van der Waals surface area contributed by atoms with Gasteiger partial charge in [0, 0.05) is 18.9 Å². The van der Waals surface area contributed by atoms with Gasteiger partial charge >= 0.3 is 5.97 Å². The van der Waals surface area contributed by atoms with E-state index in [1.807, 2.05) is 0 Å². The van der Waals surface area contributed by atoms with Gasteiger partial charge in [-0.2, -0.15) is 0 Å². The highest BCUT2D eigenvalue weighted by atomic mass is 35.5. The highest BCUT2D eigenvalue weighted by Gasteiger charge is 2.13. The van der Waals surface area contributed by atoms with Gasteiger partial charge < -0.3 is 10.0 Å². The average Bonchev–Trinajstić information content (AvgIpc) is 2.38. The molecule has 1 N–H and O–H groups in total. The van der Waals surface area contributed by atoms with Crippen molar-refractivity contribution in [1.29, 1.82) is 0 Å². The number of carbonyl (C=O) groups is 1. The molecule has 0 fully saturated rings. The Balaban J connectivity index is 2.42. The number of halogens is 2. The standard InChI is InChI=1S/C12H9Cl2N3O2/c1-17(10-4-5-15-12(14)16-10)7-2-3-9(13)8(6-7)11(18)19/h2-6H,1H3,(H,18,19).